The molecule has 106 valence electrons. The molecule has 1 aromatic heterocycles. The lowest BCUT2D eigenvalue weighted by Crippen LogP contribution is -2.38. The van der Waals surface area contributed by atoms with Crippen molar-refractivity contribution >= 4 is 5.57 Å². The van der Waals surface area contributed by atoms with E-state index in [1.165, 1.54) is 49.7 Å². The zero-order valence-electron chi connectivity index (χ0n) is 11.8. The average Bonchev–Trinajstić information content (AvgIpc) is 2.96. The highest BCUT2D eigenvalue weighted by atomic mass is 15.3. The molecule has 0 amide bonds. The van der Waals surface area contributed by atoms with Gasteiger partial charge in [-0.25, -0.2) is 0 Å². The molecule has 0 radical (unpaired) electrons. The van der Waals surface area contributed by atoms with Gasteiger partial charge in [-0.2, -0.15) is 5.10 Å². The van der Waals surface area contributed by atoms with Crippen molar-refractivity contribution in [2.24, 2.45) is 11.7 Å². The Labute approximate surface area is 119 Å². The summed E-state index contributed by atoms with van der Waals surface area (Å²) in [6.45, 7) is 0. The van der Waals surface area contributed by atoms with Crippen LogP contribution >= 0.6 is 0 Å². The van der Waals surface area contributed by atoms with E-state index in [1.807, 2.05) is 6.20 Å². The number of rotatable bonds is 3. The van der Waals surface area contributed by atoms with Crippen LogP contribution in [0.1, 0.15) is 50.3 Å². The van der Waals surface area contributed by atoms with Gasteiger partial charge in [0.2, 0.25) is 0 Å². The Morgan fingerprint density at radius 2 is 2.00 bits per heavy atom. The van der Waals surface area contributed by atoms with E-state index in [4.69, 9.17) is 10.8 Å². The summed E-state index contributed by atoms with van der Waals surface area (Å²) in [5.74, 6) is 0.693. The molecule has 3 N–H and O–H groups in total. The number of hydrogen-bond donors (Lipinski definition) is 2. The SMILES string of the molecule is NC1NC=C(c2ccn(C3CCCC3)n2)C=C1C1CC1. The summed E-state index contributed by atoms with van der Waals surface area (Å²) in [5.41, 5.74) is 9.70. The highest BCUT2D eigenvalue weighted by molar-refractivity contribution is 5.73. The molecule has 0 spiro atoms. The summed E-state index contributed by atoms with van der Waals surface area (Å²) in [7, 11) is 0. The normalized spacial score (nSPS) is 27.1. The number of nitrogens with one attached hydrogen (secondary N) is 1. The van der Waals surface area contributed by atoms with Gasteiger partial charge in [0.05, 0.1) is 17.9 Å². The molecule has 1 aliphatic heterocycles. The second kappa shape index (κ2) is 4.77. The predicted octanol–water partition coefficient (Wildman–Crippen LogP) is 2.56. The molecular weight excluding hydrogens is 248 g/mol. The van der Waals surface area contributed by atoms with E-state index < -0.39 is 0 Å². The van der Waals surface area contributed by atoms with Gasteiger partial charge in [0.15, 0.2) is 0 Å². The van der Waals surface area contributed by atoms with Crippen LogP contribution in [0.3, 0.4) is 0 Å². The van der Waals surface area contributed by atoms with Gasteiger partial charge < -0.3 is 11.1 Å². The summed E-state index contributed by atoms with van der Waals surface area (Å²) in [4.78, 5) is 0. The third kappa shape index (κ3) is 2.18. The van der Waals surface area contributed by atoms with Gasteiger partial charge in [0.1, 0.15) is 0 Å². The fourth-order valence-electron chi connectivity index (χ4n) is 3.39. The molecule has 0 saturated heterocycles. The second-order valence-electron chi connectivity index (χ2n) is 6.28. The highest BCUT2D eigenvalue weighted by Gasteiger charge is 2.31. The van der Waals surface area contributed by atoms with Crippen molar-refractivity contribution in [2.75, 3.05) is 0 Å². The topological polar surface area (TPSA) is 55.9 Å². The van der Waals surface area contributed by atoms with E-state index in [-0.39, 0.29) is 6.17 Å². The van der Waals surface area contributed by atoms with Crippen LogP contribution in [0, 0.1) is 5.92 Å². The third-order valence-electron chi connectivity index (χ3n) is 4.75. The van der Waals surface area contributed by atoms with Crippen LogP contribution in [0.15, 0.2) is 30.1 Å². The minimum Gasteiger partial charge on any atom is -0.372 e. The van der Waals surface area contributed by atoms with E-state index in [0.717, 1.165) is 5.69 Å². The molecule has 1 aromatic rings. The molecule has 1 unspecified atom stereocenters. The minimum atomic E-state index is -0.0110. The third-order valence-corrected chi connectivity index (χ3v) is 4.75. The van der Waals surface area contributed by atoms with E-state index >= 15 is 0 Å². The fraction of sp³-hybridized carbons (Fsp3) is 0.562. The van der Waals surface area contributed by atoms with Crippen molar-refractivity contribution in [3.05, 3.63) is 35.8 Å². The van der Waals surface area contributed by atoms with Crippen molar-refractivity contribution in [3.63, 3.8) is 0 Å². The van der Waals surface area contributed by atoms with Gasteiger partial charge in [-0.1, -0.05) is 12.8 Å². The first-order chi connectivity index (χ1) is 9.81. The Morgan fingerprint density at radius 3 is 2.75 bits per heavy atom. The van der Waals surface area contributed by atoms with E-state index in [9.17, 15) is 0 Å². The zero-order valence-corrected chi connectivity index (χ0v) is 11.8. The largest absolute Gasteiger partial charge is 0.372 e. The zero-order chi connectivity index (χ0) is 13.5. The summed E-state index contributed by atoms with van der Waals surface area (Å²) < 4.78 is 2.16. The van der Waals surface area contributed by atoms with Crippen LogP contribution in [0.2, 0.25) is 0 Å². The Bertz CT molecular complexity index is 559. The molecule has 0 aromatic carbocycles. The molecule has 2 aliphatic carbocycles. The van der Waals surface area contributed by atoms with E-state index in [1.54, 1.807) is 0 Å². The van der Waals surface area contributed by atoms with Crippen LogP contribution in [0.25, 0.3) is 5.57 Å². The van der Waals surface area contributed by atoms with Crippen LogP contribution in [-0.2, 0) is 0 Å². The van der Waals surface area contributed by atoms with Crippen molar-refractivity contribution < 1.29 is 0 Å². The molecule has 2 heterocycles. The maximum absolute atomic E-state index is 6.12. The standard InChI is InChI=1S/C16H22N4/c17-16-14(11-5-6-11)9-12(10-18-16)15-7-8-20(19-15)13-3-1-2-4-13/h7-11,13,16,18H,1-6,17H2. The monoisotopic (exact) mass is 270 g/mol. The molecule has 20 heavy (non-hydrogen) atoms. The quantitative estimate of drug-likeness (QED) is 0.887. The minimum absolute atomic E-state index is 0.0110. The van der Waals surface area contributed by atoms with Crippen LogP contribution in [0.4, 0.5) is 0 Å². The second-order valence-corrected chi connectivity index (χ2v) is 6.28. The first-order valence-corrected chi connectivity index (χ1v) is 7.80. The number of nitrogens with zero attached hydrogens (tertiary/aromatic N) is 2. The molecule has 3 aliphatic rings. The number of nitrogens with two attached hydrogens (primary N) is 1. The van der Waals surface area contributed by atoms with Gasteiger partial charge in [0.25, 0.3) is 0 Å². The number of aromatic nitrogens is 2. The van der Waals surface area contributed by atoms with Crippen LogP contribution < -0.4 is 11.1 Å². The van der Waals surface area contributed by atoms with Gasteiger partial charge in [-0.3, -0.25) is 4.68 Å². The first kappa shape index (κ1) is 12.2. The summed E-state index contributed by atoms with van der Waals surface area (Å²) in [6.07, 6.45) is 14.2. The molecule has 0 bridgehead atoms. The Morgan fingerprint density at radius 1 is 1.20 bits per heavy atom. The lowest BCUT2D eigenvalue weighted by atomic mass is 10.0. The molecule has 4 heteroatoms. The summed E-state index contributed by atoms with van der Waals surface area (Å²) in [6, 6.07) is 2.74. The summed E-state index contributed by atoms with van der Waals surface area (Å²) in [5, 5.41) is 8.06. The lowest BCUT2D eigenvalue weighted by molar-refractivity contribution is 0.466. The molecule has 2 fully saturated rings. The lowest BCUT2D eigenvalue weighted by Gasteiger charge is -2.21. The van der Waals surface area contributed by atoms with Crippen LogP contribution in [0.5, 0.6) is 0 Å². The van der Waals surface area contributed by atoms with E-state index in [0.29, 0.717) is 12.0 Å². The molecule has 4 nitrogen and oxygen atoms in total. The average molecular weight is 270 g/mol. The number of hydrogen-bond acceptors (Lipinski definition) is 3. The Balaban J connectivity index is 1.58. The first-order valence-electron chi connectivity index (χ1n) is 7.80. The predicted molar refractivity (Wildman–Crippen MR) is 79.6 cm³/mol. The maximum Gasteiger partial charge on any atom is 0.0967 e. The van der Waals surface area contributed by atoms with Crippen molar-refractivity contribution in [3.8, 4) is 0 Å². The molecule has 1 atom stereocenters. The van der Waals surface area contributed by atoms with Gasteiger partial charge in [-0.15, -0.1) is 0 Å². The van der Waals surface area contributed by atoms with Gasteiger partial charge >= 0.3 is 0 Å². The molecular formula is C16H22N4. The van der Waals surface area contributed by atoms with Gasteiger partial charge in [0, 0.05) is 18.0 Å². The molecule has 2 saturated carbocycles. The van der Waals surface area contributed by atoms with Crippen molar-refractivity contribution in [1.29, 1.82) is 0 Å². The van der Waals surface area contributed by atoms with Gasteiger partial charge in [-0.05, 0) is 49.3 Å². The van der Waals surface area contributed by atoms with Crippen molar-refractivity contribution in [2.45, 2.75) is 50.7 Å². The molecule has 4 rings (SSSR count). The Hall–Kier alpha value is -1.55. The number of allylic oxidation sites excluding steroid dienone is 2. The van der Waals surface area contributed by atoms with Crippen LogP contribution in [-0.4, -0.2) is 15.9 Å². The fourth-order valence-corrected chi connectivity index (χ4v) is 3.39. The highest BCUT2D eigenvalue weighted by Crippen LogP contribution is 2.39. The smallest absolute Gasteiger partial charge is 0.0967 e. The Kier molecular flexibility index (Phi) is 2.91. The maximum atomic E-state index is 6.12. The van der Waals surface area contributed by atoms with Crippen molar-refractivity contribution in [1.82, 2.24) is 15.1 Å². The summed E-state index contributed by atoms with van der Waals surface area (Å²) >= 11 is 0. The van der Waals surface area contributed by atoms with E-state index in [2.05, 4.69) is 28.3 Å². The number of dihydropyridines is 1.